The second-order valence-electron chi connectivity index (χ2n) is 6.81. The molecular weight excluding hydrogens is 376 g/mol. The predicted molar refractivity (Wildman–Crippen MR) is 96.7 cm³/mol. The molecule has 0 aromatic heterocycles. The third kappa shape index (κ3) is 7.76. The van der Waals surface area contributed by atoms with Crippen LogP contribution in [0.5, 0.6) is 0 Å². The van der Waals surface area contributed by atoms with Gasteiger partial charge in [-0.3, -0.25) is 14.4 Å². The molecule has 0 radical (unpaired) electrons. The van der Waals surface area contributed by atoms with Gasteiger partial charge in [0.15, 0.2) is 6.04 Å². The van der Waals surface area contributed by atoms with E-state index in [0.717, 1.165) is 6.92 Å². The van der Waals surface area contributed by atoms with Gasteiger partial charge in [0, 0.05) is 0 Å². The van der Waals surface area contributed by atoms with Gasteiger partial charge in [0.1, 0.15) is 12.1 Å². The van der Waals surface area contributed by atoms with Crippen molar-refractivity contribution in [2.75, 3.05) is 6.61 Å². The van der Waals surface area contributed by atoms with E-state index in [9.17, 15) is 34.5 Å². The highest BCUT2D eigenvalue weighted by Crippen LogP contribution is 2.02. The van der Waals surface area contributed by atoms with Gasteiger partial charge in [-0.25, -0.2) is 4.79 Å². The third-order valence-corrected chi connectivity index (χ3v) is 3.95. The molecule has 6 atom stereocenters. The number of aliphatic hydroxyl groups excluding tert-OH is 3. The van der Waals surface area contributed by atoms with Gasteiger partial charge in [-0.15, -0.1) is 0 Å². The number of carbonyl (C=O) groups is 4. The summed E-state index contributed by atoms with van der Waals surface area (Å²) in [5, 5.41) is 43.8. The molecule has 0 heterocycles. The lowest BCUT2D eigenvalue weighted by atomic mass is 10.0. The van der Waals surface area contributed by atoms with Gasteiger partial charge < -0.3 is 42.1 Å². The number of aliphatic hydroxyl groups is 3. The van der Waals surface area contributed by atoms with Crippen LogP contribution in [0.25, 0.3) is 0 Å². The lowest BCUT2D eigenvalue weighted by molar-refractivity contribution is -0.145. The Hall–Kier alpha value is -2.28. The quantitative estimate of drug-likeness (QED) is 0.169. The molecule has 12 heteroatoms. The summed E-state index contributed by atoms with van der Waals surface area (Å²) in [6.07, 6.45) is -2.78. The average molecular weight is 406 g/mol. The lowest BCUT2D eigenvalue weighted by Gasteiger charge is -2.26. The number of rotatable bonds is 11. The number of amides is 3. The Morgan fingerprint density at radius 3 is 1.64 bits per heavy atom. The van der Waals surface area contributed by atoms with E-state index in [2.05, 4.69) is 10.6 Å². The first kappa shape index (κ1) is 25.7. The summed E-state index contributed by atoms with van der Waals surface area (Å²) in [4.78, 5) is 47.5. The van der Waals surface area contributed by atoms with Gasteiger partial charge in [0.2, 0.25) is 17.7 Å². The second kappa shape index (κ2) is 11.5. The fourth-order valence-electron chi connectivity index (χ4n) is 2.06. The molecule has 12 nitrogen and oxygen atoms in total. The molecule has 0 aromatic carbocycles. The summed E-state index contributed by atoms with van der Waals surface area (Å²) >= 11 is 0. The Labute approximate surface area is 162 Å². The van der Waals surface area contributed by atoms with Crippen molar-refractivity contribution in [3.8, 4) is 0 Å². The standard InChI is InChI=1S/C16H30N4O8/c1-6(2)10(17)14(25)19-11(7(3)22)15(26)18-9(5-21)13(24)20-12(8(4)23)16(27)28/h6-12,21-23H,5,17H2,1-4H3,(H,18,26)(H,19,25)(H,20,24)(H,27,28). The fraction of sp³-hybridized carbons (Fsp3) is 0.750. The van der Waals surface area contributed by atoms with E-state index in [1.54, 1.807) is 13.8 Å². The maximum absolute atomic E-state index is 12.4. The van der Waals surface area contributed by atoms with Crippen molar-refractivity contribution in [3.05, 3.63) is 0 Å². The monoisotopic (exact) mass is 406 g/mol. The van der Waals surface area contributed by atoms with Gasteiger partial charge in [-0.1, -0.05) is 13.8 Å². The number of hydrogen-bond acceptors (Lipinski definition) is 8. The van der Waals surface area contributed by atoms with E-state index in [4.69, 9.17) is 10.8 Å². The van der Waals surface area contributed by atoms with Crippen LogP contribution in [0.15, 0.2) is 0 Å². The maximum Gasteiger partial charge on any atom is 0.328 e. The topological polar surface area (TPSA) is 211 Å². The van der Waals surface area contributed by atoms with Crippen molar-refractivity contribution in [2.45, 2.75) is 64.1 Å². The molecule has 3 amide bonds. The molecular formula is C16H30N4O8. The second-order valence-corrected chi connectivity index (χ2v) is 6.81. The van der Waals surface area contributed by atoms with E-state index in [1.807, 2.05) is 5.32 Å². The zero-order chi connectivity index (χ0) is 22.2. The van der Waals surface area contributed by atoms with Gasteiger partial charge in [-0.2, -0.15) is 0 Å². The Morgan fingerprint density at radius 1 is 0.821 bits per heavy atom. The molecule has 0 bridgehead atoms. The number of hydrogen-bond donors (Lipinski definition) is 8. The van der Waals surface area contributed by atoms with E-state index in [-0.39, 0.29) is 5.92 Å². The number of nitrogens with one attached hydrogen (secondary N) is 3. The zero-order valence-electron chi connectivity index (χ0n) is 16.2. The molecule has 28 heavy (non-hydrogen) atoms. The van der Waals surface area contributed by atoms with Crippen LogP contribution in [-0.4, -0.2) is 87.1 Å². The number of carboxylic acids is 1. The van der Waals surface area contributed by atoms with Crippen LogP contribution >= 0.6 is 0 Å². The molecule has 0 aliphatic heterocycles. The molecule has 0 spiro atoms. The van der Waals surface area contributed by atoms with Gasteiger partial charge in [0.05, 0.1) is 24.9 Å². The van der Waals surface area contributed by atoms with Crippen molar-refractivity contribution >= 4 is 23.7 Å². The molecule has 0 rings (SSSR count). The largest absolute Gasteiger partial charge is 0.480 e. The summed E-state index contributed by atoms with van der Waals surface area (Å²) in [6, 6.07) is -5.64. The minimum Gasteiger partial charge on any atom is -0.480 e. The van der Waals surface area contributed by atoms with E-state index in [1.165, 1.54) is 6.92 Å². The van der Waals surface area contributed by atoms with Crippen molar-refractivity contribution in [1.29, 1.82) is 0 Å². The molecule has 0 saturated carbocycles. The number of carboxylic acid groups (broad SMARTS) is 1. The smallest absolute Gasteiger partial charge is 0.328 e. The van der Waals surface area contributed by atoms with Gasteiger partial charge in [-0.05, 0) is 19.8 Å². The highest BCUT2D eigenvalue weighted by Gasteiger charge is 2.33. The minimum absolute atomic E-state index is 0.234. The Bertz CT molecular complexity index is 567. The van der Waals surface area contributed by atoms with Crippen LogP contribution in [0.3, 0.4) is 0 Å². The highest BCUT2D eigenvalue weighted by atomic mass is 16.4. The average Bonchev–Trinajstić information content (AvgIpc) is 2.59. The zero-order valence-corrected chi connectivity index (χ0v) is 16.2. The number of nitrogens with two attached hydrogens (primary N) is 1. The fourth-order valence-corrected chi connectivity index (χ4v) is 2.06. The number of carbonyl (C=O) groups excluding carboxylic acids is 3. The molecule has 0 saturated heterocycles. The third-order valence-electron chi connectivity index (χ3n) is 3.95. The lowest BCUT2D eigenvalue weighted by Crippen LogP contribution is -2.61. The minimum atomic E-state index is -1.66. The van der Waals surface area contributed by atoms with Crippen LogP contribution in [0.1, 0.15) is 27.7 Å². The molecule has 162 valence electrons. The van der Waals surface area contributed by atoms with Crippen LogP contribution in [0, 0.1) is 5.92 Å². The first-order valence-electron chi connectivity index (χ1n) is 8.69. The van der Waals surface area contributed by atoms with Gasteiger partial charge >= 0.3 is 5.97 Å². The van der Waals surface area contributed by atoms with E-state index < -0.39 is 66.7 Å². The Morgan fingerprint density at radius 2 is 1.29 bits per heavy atom. The molecule has 6 unspecified atom stereocenters. The van der Waals surface area contributed by atoms with Crippen molar-refractivity contribution in [3.63, 3.8) is 0 Å². The van der Waals surface area contributed by atoms with Crippen LogP contribution < -0.4 is 21.7 Å². The van der Waals surface area contributed by atoms with Crippen molar-refractivity contribution in [1.82, 2.24) is 16.0 Å². The summed E-state index contributed by atoms with van der Waals surface area (Å²) in [5.74, 6) is -4.50. The molecule has 0 aliphatic carbocycles. The Balaban J connectivity index is 5.18. The van der Waals surface area contributed by atoms with Crippen LogP contribution in [-0.2, 0) is 19.2 Å². The van der Waals surface area contributed by atoms with Crippen molar-refractivity contribution in [2.24, 2.45) is 11.7 Å². The summed E-state index contributed by atoms with van der Waals surface area (Å²) < 4.78 is 0. The first-order valence-corrected chi connectivity index (χ1v) is 8.69. The van der Waals surface area contributed by atoms with Crippen LogP contribution in [0.2, 0.25) is 0 Å². The van der Waals surface area contributed by atoms with Crippen molar-refractivity contribution < 1.29 is 39.6 Å². The van der Waals surface area contributed by atoms with Gasteiger partial charge in [0.25, 0.3) is 0 Å². The number of aliphatic carboxylic acids is 1. The summed E-state index contributed by atoms with van der Waals surface area (Å²) in [7, 11) is 0. The normalized spacial score (nSPS) is 17.6. The molecule has 0 aromatic rings. The highest BCUT2D eigenvalue weighted by molar-refractivity contribution is 5.94. The summed E-state index contributed by atoms with van der Waals surface area (Å²) in [5.41, 5.74) is 5.69. The Kier molecular flexibility index (Phi) is 10.6. The SMILES string of the molecule is CC(C)C(N)C(=O)NC(C(=O)NC(CO)C(=O)NC(C(=O)O)C(C)O)C(C)O. The first-order chi connectivity index (χ1) is 12.8. The van der Waals surface area contributed by atoms with E-state index in [0.29, 0.717) is 0 Å². The molecule has 9 N–H and O–H groups in total. The summed E-state index contributed by atoms with van der Waals surface area (Å²) in [6.45, 7) is 4.86. The van der Waals surface area contributed by atoms with E-state index >= 15 is 0 Å². The molecule has 0 fully saturated rings. The maximum atomic E-state index is 12.4. The predicted octanol–water partition coefficient (Wildman–Crippen LogP) is -3.74. The van der Waals surface area contributed by atoms with Crippen LogP contribution in [0.4, 0.5) is 0 Å². The molecule has 0 aliphatic rings.